The first kappa shape index (κ1) is 73.0. The van der Waals surface area contributed by atoms with Gasteiger partial charge in [0.1, 0.15) is 35.5 Å². The van der Waals surface area contributed by atoms with Crippen LogP contribution >= 0.6 is 0 Å². The Morgan fingerprint density at radius 2 is 1.18 bits per heavy atom. The van der Waals surface area contributed by atoms with E-state index in [0.29, 0.717) is 30.2 Å². The molecule has 4 unspecified atom stereocenters. The zero-order chi connectivity index (χ0) is 67.3. The lowest BCUT2D eigenvalue weighted by Crippen LogP contribution is -2.54. The highest BCUT2D eigenvalue weighted by atomic mass is 16.6. The molecule has 5 N–H and O–H groups in total. The van der Waals surface area contributed by atoms with E-state index in [9.17, 15) is 38.4 Å². The van der Waals surface area contributed by atoms with Crippen LogP contribution in [0.1, 0.15) is 230 Å². The molecule has 0 aliphatic heterocycles. The molecule has 18 heteroatoms. The molecule has 10 atom stereocenters. The zero-order valence-electron chi connectivity index (χ0n) is 58.1. The monoisotopic (exact) mass is 1280 g/mol. The molecule has 0 heterocycles. The molecule has 18 nitrogen and oxygen atoms in total. The summed E-state index contributed by atoms with van der Waals surface area (Å²) < 4.78 is 22.7. The second-order valence-electron chi connectivity index (χ2n) is 31.0. The van der Waals surface area contributed by atoms with E-state index in [1.54, 1.807) is 41.5 Å². The van der Waals surface area contributed by atoms with Crippen LogP contribution in [0.3, 0.4) is 0 Å². The first-order chi connectivity index (χ1) is 43.2. The first-order valence-electron chi connectivity index (χ1n) is 34.6. The van der Waals surface area contributed by atoms with E-state index in [2.05, 4.69) is 67.3 Å². The Balaban J connectivity index is 0.939. The third-order valence-electron chi connectivity index (χ3n) is 20.3. The average molecular weight is 1280 g/mol. The Hall–Kier alpha value is -6.46. The van der Waals surface area contributed by atoms with E-state index in [1.165, 1.54) is 50.5 Å². The van der Waals surface area contributed by atoms with Crippen molar-refractivity contribution in [3.63, 3.8) is 0 Å². The first-order valence-corrected chi connectivity index (χ1v) is 34.6. The van der Waals surface area contributed by atoms with Crippen LogP contribution in [0.25, 0.3) is 11.1 Å². The topological polar surface area (TPSA) is 237 Å². The van der Waals surface area contributed by atoms with Gasteiger partial charge in [-0.25, -0.2) is 9.59 Å². The molecule has 0 radical (unpaired) electrons. The highest BCUT2D eigenvalue weighted by molar-refractivity contribution is 5.93. The summed E-state index contributed by atoms with van der Waals surface area (Å²) in [6.07, 6.45) is 13.5. The van der Waals surface area contributed by atoms with Crippen LogP contribution in [0.5, 0.6) is 0 Å². The maximum Gasteiger partial charge on any atom is 0.410 e. The van der Waals surface area contributed by atoms with E-state index in [4.69, 9.17) is 18.9 Å². The molecule has 6 amide bonds. The minimum Gasteiger partial charge on any atom is -0.460 e. The molecule has 0 saturated heterocycles. The van der Waals surface area contributed by atoms with Gasteiger partial charge >= 0.3 is 24.1 Å². The summed E-state index contributed by atoms with van der Waals surface area (Å²) in [6, 6.07) is 13.3. The molecular weight excluding hydrogens is 1160 g/mol. The minimum absolute atomic E-state index is 0.0208. The molecule has 510 valence electrons. The molecule has 2 aromatic rings. The normalized spacial score (nSPS) is 23.5. The third kappa shape index (κ3) is 20.0. The van der Waals surface area contributed by atoms with Gasteiger partial charge in [0.15, 0.2) is 0 Å². The number of benzene rings is 2. The molecule has 0 bridgehead atoms. The van der Waals surface area contributed by atoms with Crippen LogP contribution < -0.4 is 26.6 Å². The average Bonchev–Trinajstić information content (AvgIpc) is 1.32. The molecule has 0 aromatic heterocycles. The van der Waals surface area contributed by atoms with Crippen LogP contribution in [0.4, 0.5) is 9.59 Å². The maximum absolute atomic E-state index is 14.3. The van der Waals surface area contributed by atoms with Crippen LogP contribution in [0, 0.1) is 46.3 Å². The number of hydrogen-bond acceptors (Lipinski definition) is 12. The largest absolute Gasteiger partial charge is 0.460 e. The maximum atomic E-state index is 14.3. The number of carbonyl (C=O) groups excluding carboxylic acids is 8. The van der Waals surface area contributed by atoms with Crippen LogP contribution in [-0.2, 0) is 47.7 Å². The quantitative estimate of drug-likeness (QED) is 0.0232. The fourth-order valence-corrected chi connectivity index (χ4v) is 16.0. The number of ether oxygens (including phenoxy) is 4. The van der Waals surface area contributed by atoms with Gasteiger partial charge in [-0.3, -0.25) is 28.8 Å². The number of rotatable bonds is 28. The number of alkyl carbamates (subject to hydrolysis) is 1. The lowest BCUT2D eigenvalue weighted by molar-refractivity contribution is -0.156. The highest BCUT2D eigenvalue weighted by Crippen LogP contribution is 2.67. The predicted molar refractivity (Wildman–Crippen MR) is 357 cm³/mol. The predicted octanol–water partition coefficient (Wildman–Crippen LogP) is 12.8. The Bertz CT molecular complexity index is 2890. The number of hydrogen-bond donors (Lipinski definition) is 5. The number of nitrogens with one attached hydrogen (secondary N) is 5. The van der Waals surface area contributed by atoms with E-state index in [1.807, 2.05) is 74.2 Å². The summed E-state index contributed by atoms with van der Waals surface area (Å²) >= 11 is 0. The van der Waals surface area contributed by atoms with Crippen molar-refractivity contribution < 1.29 is 57.3 Å². The molecule has 3 fully saturated rings. The smallest absolute Gasteiger partial charge is 0.410 e. The number of amides is 6. The minimum atomic E-state index is -1.33. The summed E-state index contributed by atoms with van der Waals surface area (Å²) in [6.45, 7) is 28.7. The summed E-state index contributed by atoms with van der Waals surface area (Å²) in [4.78, 5) is 110. The van der Waals surface area contributed by atoms with Crippen molar-refractivity contribution in [3.8, 4) is 11.1 Å². The third-order valence-corrected chi connectivity index (χ3v) is 20.3. The lowest BCUT2D eigenvalue weighted by atomic mass is 9.46. The summed E-state index contributed by atoms with van der Waals surface area (Å²) in [7, 11) is 0. The number of nitrogens with zero attached hydrogens (tertiary/aromatic N) is 1. The summed E-state index contributed by atoms with van der Waals surface area (Å²) in [5.41, 5.74) is 3.90. The van der Waals surface area contributed by atoms with Gasteiger partial charge in [0.2, 0.25) is 23.6 Å². The van der Waals surface area contributed by atoms with Crippen molar-refractivity contribution >= 4 is 47.8 Å². The Morgan fingerprint density at radius 3 is 1.79 bits per heavy atom. The van der Waals surface area contributed by atoms with Gasteiger partial charge in [0.25, 0.3) is 0 Å². The van der Waals surface area contributed by atoms with E-state index in [-0.39, 0.29) is 82.1 Å². The second-order valence-corrected chi connectivity index (χ2v) is 31.0. The van der Waals surface area contributed by atoms with E-state index >= 15 is 0 Å². The van der Waals surface area contributed by atoms with Crippen molar-refractivity contribution in [2.45, 2.75) is 253 Å². The fraction of sp³-hybridized carbons (Fsp3) is 0.703. The Morgan fingerprint density at radius 1 is 0.598 bits per heavy atom. The van der Waals surface area contributed by atoms with Crippen molar-refractivity contribution in [3.05, 3.63) is 71.3 Å². The number of fused-ring (bicyclic) bond motifs is 8. The van der Waals surface area contributed by atoms with Gasteiger partial charge in [-0.15, -0.1) is 0 Å². The van der Waals surface area contributed by atoms with Gasteiger partial charge in [0, 0.05) is 63.8 Å². The second kappa shape index (κ2) is 31.6. The number of allylic oxidation sites excluding steroid dienone is 1. The van der Waals surface area contributed by atoms with Gasteiger partial charge in [-0.05, 0) is 202 Å². The lowest BCUT2D eigenvalue weighted by Gasteiger charge is -2.59. The molecule has 5 aliphatic carbocycles. The van der Waals surface area contributed by atoms with Crippen molar-refractivity contribution in [2.24, 2.45) is 46.3 Å². The standard InChI is InChI=1S/C74H112N6O12/c1-47(2)21-19-22-48(3)57-29-30-58-55-28-27-49-45-50(35-39-73(49,13)59(55)36-40-74(57,58)14)80(69(88)92-72(10,11)12)44-20-41-76-66(85)60(31-33-64(83)90-70(4,5)6)79-67(86)61(32-34-65(84)91-71(7,8)9)78-63(82)38-42-75-62(81)37-43-77-68(87)89-46-56-53-25-17-15-23-51(53)52-24-16-18-26-54(52)56/h15-18,23-27,47-48,50,55-61H,19-22,28-46H2,1-14H3,(H,75,81)(H,76,85)(H,77,87)(H,78,82)(H,79,86)/t48-,50+,55+,57?,58+,59?,60+,61+,73?,74?/m1/s1. The molecule has 3 saturated carbocycles. The van der Waals surface area contributed by atoms with Crippen molar-refractivity contribution in [2.75, 3.05) is 32.8 Å². The molecule has 2 aromatic carbocycles. The van der Waals surface area contributed by atoms with Crippen LogP contribution in [-0.4, -0.2) is 120 Å². The van der Waals surface area contributed by atoms with Gasteiger partial charge in [0.05, 0.1) is 0 Å². The molecule has 92 heavy (non-hydrogen) atoms. The van der Waals surface area contributed by atoms with Gasteiger partial charge in [-0.2, -0.15) is 0 Å². The summed E-state index contributed by atoms with van der Waals surface area (Å²) in [5.74, 6) is 0.566. The van der Waals surface area contributed by atoms with E-state index in [0.717, 1.165) is 71.6 Å². The van der Waals surface area contributed by atoms with Crippen LogP contribution in [0.2, 0.25) is 0 Å². The zero-order valence-corrected chi connectivity index (χ0v) is 58.1. The number of esters is 2. The summed E-state index contributed by atoms with van der Waals surface area (Å²) in [5, 5.41) is 13.7. The Labute approximate surface area is 549 Å². The van der Waals surface area contributed by atoms with Gasteiger partial charge < -0.3 is 50.4 Å². The SMILES string of the molecule is CC(C)CCC[C@@H](C)C1CC[C@H]2[C@@H]3CC=C4C[C@@H](N(CCCNC(=O)[C@H](CCC(=O)OC(C)(C)C)NC(=O)[C@H](CCC(=O)OC(C)(C)C)NC(=O)CCNC(=O)CCNC(=O)OCC5c6ccccc6-c6ccccc65)C(=O)OC(C)(C)C)CCC4(C)C3CCC12C. The Kier molecular flexibility index (Phi) is 25.1. The molecular formula is C74H112N6O12. The number of carbonyl (C=O) groups is 8. The van der Waals surface area contributed by atoms with E-state index < -0.39 is 76.6 Å². The van der Waals surface area contributed by atoms with Crippen molar-refractivity contribution in [1.82, 2.24) is 31.5 Å². The molecule has 5 aliphatic rings. The van der Waals surface area contributed by atoms with Crippen LogP contribution in [0.15, 0.2) is 60.2 Å². The van der Waals surface area contributed by atoms with Gasteiger partial charge in [-0.1, -0.05) is 114 Å². The fourth-order valence-electron chi connectivity index (χ4n) is 16.0. The molecule has 0 spiro atoms. The van der Waals surface area contributed by atoms with Crippen molar-refractivity contribution in [1.29, 1.82) is 0 Å². The molecule has 7 rings (SSSR count). The highest BCUT2D eigenvalue weighted by Gasteiger charge is 2.59.